The van der Waals surface area contributed by atoms with Crippen molar-refractivity contribution in [2.75, 3.05) is 17.6 Å². The van der Waals surface area contributed by atoms with Crippen molar-refractivity contribution >= 4 is 22.8 Å². The zero-order valence-electron chi connectivity index (χ0n) is 12.8. The summed E-state index contributed by atoms with van der Waals surface area (Å²) in [5.41, 5.74) is 7.45. The van der Waals surface area contributed by atoms with Gasteiger partial charge in [0.05, 0.1) is 6.20 Å². The number of fused-ring (bicyclic) bond motifs is 1. The summed E-state index contributed by atoms with van der Waals surface area (Å²) in [6.07, 6.45) is 6.83. The lowest BCUT2D eigenvalue weighted by atomic mass is 9.76. The molecule has 2 aromatic rings. The Bertz CT molecular complexity index is 614. The van der Waals surface area contributed by atoms with E-state index in [-0.39, 0.29) is 0 Å². The van der Waals surface area contributed by atoms with Gasteiger partial charge in [0, 0.05) is 13.1 Å². The summed E-state index contributed by atoms with van der Waals surface area (Å²) in [7, 11) is 0. The molecule has 0 spiro atoms. The van der Waals surface area contributed by atoms with E-state index in [0.717, 1.165) is 54.6 Å². The van der Waals surface area contributed by atoms with Gasteiger partial charge in [0.2, 0.25) is 5.95 Å². The minimum atomic E-state index is 0.304. The third-order valence-electron chi connectivity index (χ3n) is 4.17. The summed E-state index contributed by atoms with van der Waals surface area (Å²) in [5, 5.41) is 7.98. The van der Waals surface area contributed by atoms with Gasteiger partial charge in [-0.3, -0.25) is 4.68 Å². The van der Waals surface area contributed by atoms with Crippen LogP contribution in [0.1, 0.15) is 39.5 Å². The van der Waals surface area contributed by atoms with Crippen LogP contribution in [0, 0.1) is 11.8 Å². The molecular weight excluding hydrogens is 264 g/mol. The van der Waals surface area contributed by atoms with E-state index in [9.17, 15) is 0 Å². The van der Waals surface area contributed by atoms with Crippen LogP contribution in [0.15, 0.2) is 6.20 Å². The number of nitrogens with two attached hydrogens (primary N) is 1. The fraction of sp³-hybridized carbons (Fsp3) is 0.667. The number of rotatable bonds is 6. The van der Waals surface area contributed by atoms with E-state index in [1.54, 1.807) is 0 Å². The second-order valence-electron chi connectivity index (χ2n) is 6.24. The van der Waals surface area contributed by atoms with Crippen LogP contribution in [0.4, 0.5) is 11.8 Å². The number of aromatic nitrogens is 4. The first-order valence-electron chi connectivity index (χ1n) is 7.90. The third-order valence-corrected chi connectivity index (χ3v) is 4.17. The van der Waals surface area contributed by atoms with Crippen LogP contribution in [0.3, 0.4) is 0 Å². The Morgan fingerprint density at radius 2 is 2.19 bits per heavy atom. The van der Waals surface area contributed by atoms with Gasteiger partial charge in [0.25, 0.3) is 0 Å². The Morgan fingerprint density at radius 1 is 1.38 bits per heavy atom. The monoisotopic (exact) mass is 288 g/mol. The molecule has 0 saturated heterocycles. The molecule has 0 bridgehead atoms. The zero-order chi connectivity index (χ0) is 14.8. The number of unbranched alkanes of at least 4 members (excludes halogenated alkanes) is 1. The molecule has 3 rings (SSSR count). The lowest BCUT2D eigenvalue weighted by Crippen LogP contribution is -2.25. The standard InChI is InChI=1S/C15H24N6/c1-3-4-5-17-14-13-12(18-15(16)19-14)9-21(20-13)8-11-6-10(2)7-11/h9-11H,3-8H2,1-2H3,(H3,16,17,18,19). The summed E-state index contributed by atoms with van der Waals surface area (Å²) in [6, 6.07) is 0. The van der Waals surface area contributed by atoms with Crippen molar-refractivity contribution in [1.29, 1.82) is 0 Å². The maximum Gasteiger partial charge on any atom is 0.222 e. The van der Waals surface area contributed by atoms with Gasteiger partial charge in [-0.15, -0.1) is 0 Å². The van der Waals surface area contributed by atoms with Gasteiger partial charge >= 0.3 is 0 Å². The summed E-state index contributed by atoms with van der Waals surface area (Å²) < 4.78 is 2.00. The first-order valence-corrected chi connectivity index (χ1v) is 7.90. The quantitative estimate of drug-likeness (QED) is 0.799. The van der Waals surface area contributed by atoms with Crippen LogP contribution in [0.2, 0.25) is 0 Å². The maximum absolute atomic E-state index is 5.80. The second-order valence-corrected chi connectivity index (χ2v) is 6.24. The molecular formula is C15H24N6. The molecule has 1 aliphatic rings. The highest BCUT2D eigenvalue weighted by Gasteiger charge is 2.26. The van der Waals surface area contributed by atoms with Crippen molar-refractivity contribution < 1.29 is 0 Å². The molecule has 0 aromatic carbocycles. The van der Waals surface area contributed by atoms with Gasteiger partial charge in [-0.1, -0.05) is 20.3 Å². The Labute approximate surface area is 125 Å². The molecule has 6 heteroatoms. The van der Waals surface area contributed by atoms with Gasteiger partial charge < -0.3 is 11.1 Å². The predicted molar refractivity (Wildman–Crippen MR) is 85.0 cm³/mol. The van der Waals surface area contributed by atoms with Crippen LogP contribution < -0.4 is 11.1 Å². The van der Waals surface area contributed by atoms with Gasteiger partial charge in [-0.05, 0) is 31.1 Å². The SMILES string of the molecule is CCCCNc1nc(N)nc2cn(CC3CC(C)C3)nc12. The molecule has 3 N–H and O–H groups in total. The number of anilines is 2. The highest BCUT2D eigenvalue weighted by Crippen LogP contribution is 2.34. The van der Waals surface area contributed by atoms with Crippen molar-refractivity contribution in [3.63, 3.8) is 0 Å². The van der Waals surface area contributed by atoms with E-state index < -0.39 is 0 Å². The number of hydrogen-bond acceptors (Lipinski definition) is 5. The molecule has 0 unspecified atom stereocenters. The largest absolute Gasteiger partial charge is 0.368 e. The van der Waals surface area contributed by atoms with Gasteiger partial charge in [-0.25, -0.2) is 4.98 Å². The molecule has 0 aliphatic heterocycles. The van der Waals surface area contributed by atoms with Crippen LogP contribution in [-0.2, 0) is 6.54 Å². The molecule has 1 saturated carbocycles. The van der Waals surface area contributed by atoms with Crippen molar-refractivity contribution in [3.05, 3.63) is 6.20 Å². The first kappa shape index (κ1) is 14.1. The Hall–Kier alpha value is -1.85. The Morgan fingerprint density at radius 3 is 2.90 bits per heavy atom. The maximum atomic E-state index is 5.80. The van der Waals surface area contributed by atoms with Crippen molar-refractivity contribution in [2.45, 2.75) is 46.1 Å². The van der Waals surface area contributed by atoms with Crippen LogP contribution in [0.25, 0.3) is 11.0 Å². The second kappa shape index (κ2) is 5.87. The first-order chi connectivity index (χ1) is 10.2. The van der Waals surface area contributed by atoms with E-state index in [0.29, 0.717) is 5.95 Å². The average Bonchev–Trinajstić information content (AvgIpc) is 2.79. The van der Waals surface area contributed by atoms with Crippen LogP contribution in [0.5, 0.6) is 0 Å². The number of nitrogens with zero attached hydrogens (tertiary/aromatic N) is 4. The zero-order valence-corrected chi connectivity index (χ0v) is 12.8. The lowest BCUT2D eigenvalue weighted by Gasteiger charge is -2.32. The minimum absolute atomic E-state index is 0.304. The lowest BCUT2D eigenvalue weighted by molar-refractivity contribution is 0.182. The smallest absolute Gasteiger partial charge is 0.222 e. The van der Waals surface area contributed by atoms with Gasteiger partial charge in [0.15, 0.2) is 11.3 Å². The Kier molecular flexibility index (Phi) is 3.94. The highest BCUT2D eigenvalue weighted by molar-refractivity contribution is 5.85. The average molecular weight is 288 g/mol. The summed E-state index contributed by atoms with van der Waals surface area (Å²) >= 11 is 0. The number of hydrogen-bond donors (Lipinski definition) is 2. The molecule has 0 radical (unpaired) electrons. The molecule has 1 fully saturated rings. The highest BCUT2D eigenvalue weighted by atomic mass is 15.3. The van der Waals surface area contributed by atoms with E-state index in [1.165, 1.54) is 12.8 Å². The Balaban J connectivity index is 1.80. The van der Waals surface area contributed by atoms with Gasteiger partial charge in [0.1, 0.15) is 5.52 Å². The molecule has 6 nitrogen and oxygen atoms in total. The van der Waals surface area contributed by atoms with Crippen LogP contribution in [-0.4, -0.2) is 26.3 Å². The van der Waals surface area contributed by atoms with E-state index in [4.69, 9.17) is 5.73 Å². The summed E-state index contributed by atoms with van der Waals surface area (Å²) in [4.78, 5) is 8.59. The normalized spacial score (nSPS) is 21.4. The van der Waals surface area contributed by atoms with E-state index >= 15 is 0 Å². The van der Waals surface area contributed by atoms with Crippen molar-refractivity contribution in [1.82, 2.24) is 19.7 Å². The molecule has 1 aliphatic carbocycles. The van der Waals surface area contributed by atoms with Crippen LogP contribution >= 0.6 is 0 Å². The number of nitrogens with one attached hydrogen (secondary N) is 1. The van der Waals surface area contributed by atoms with Crippen molar-refractivity contribution in [3.8, 4) is 0 Å². The number of nitrogen functional groups attached to an aromatic ring is 1. The van der Waals surface area contributed by atoms with Gasteiger partial charge in [-0.2, -0.15) is 10.1 Å². The fourth-order valence-corrected chi connectivity index (χ4v) is 3.06. The summed E-state index contributed by atoms with van der Waals surface area (Å²) in [6.45, 7) is 6.32. The minimum Gasteiger partial charge on any atom is -0.368 e. The molecule has 21 heavy (non-hydrogen) atoms. The van der Waals surface area contributed by atoms with E-state index in [1.807, 2.05) is 10.9 Å². The third kappa shape index (κ3) is 3.09. The molecule has 114 valence electrons. The molecule has 0 amide bonds. The molecule has 2 aromatic heterocycles. The van der Waals surface area contributed by atoms with Crippen molar-refractivity contribution in [2.24, 2.45) is 11.8 Å². The topological polar surface area (TPSA) is 81.6 Å². The summed E-state index contributed by atoms with van der Waals surface area (Å²) in [5.74, 6) is 2.67. The molecule has 2 heterocycles. The fourth-order valence-electron chi connectivity index (χ4n) is 3.06. The van der Waals surface area contributed by atoms with E-state index in [2.05, 4.69) is 34.2 Å². The molecule has 0 atom stereocenters. The predicted octanol–water partition coefficient (Wildman–Crippen LogP) is 2.67.